The number of hydrogen-bond donors (Lipinski definition) is 1. The SMILES string of the molecule is CNC(=O)Oc1ccc(C)c(Br)c1F. The van der Waals surface area contributed by atoms with Gasteiger partial charge in [-0.05, 0) is 34.5 Å². The van der Waals surface area contributed by atoms with Gasteiger partial charge in [0.2, 0.25) is 0 Å². The molecule has 1 N–H and O–H groups in total. The maximum absolute atomic E-state index is 13.4. The zero-order chi connectivity index (χ0) is 10.7. The van der Waals surface area contributed by atoms with Crippen molar-refractivity contribution in [2.75, 3.05) is 7.05 Å². The summed E-state index contributed by atoms with van der Waals surface area (Å²) in [6.07, 6.45) is -0.695. The third-order valence-corrected chi connectivity index (χ3v) is 2.62. The Morgan fingerprint density at radius 3 is 2.79 bits per heavy atom. The van der Waals surface area contributed by atoms with Gasteiger partial charge < -0.3 is 10.1 Å². The van der Waals surface area contributed by atoms with Gasteiger partial charge in [0.15, 0.2) is 11.6 Å². The molecular formula is C9H9BrFNO2. The minimum atomic E-state index is -0.695. The Hall–Kier alpha value is -1.10. The maximum atomic E-state index is 13.4. The van der Waals surface area contributed by atoms with Crippen molar-refractivity contribution in [1.29, 1.82) is 0 Å². The highest BCUT2D eigenvalue weighted by atomic mass is 79.9. The molecule has 0 saturated heterocycles. The van der Waals surface area contributed by atoms with Crippen LogP contribution >= 0.6 is 15.9 Å². The van der Waals surface area contributed by atoms with Gasteiger partial charge in [-0.3, -0.25) is 0 Å². The predicted molar refractivity (Wildman–Crippen MR) is 53.9 cm³/mol. The highest BCUT2D eigenvalue weighted by Gasteiger charge is 2.12. The monoisotopic (exact) mass is 261 g/mol. The zero-order valence-electron chi connectivity index (χ0n) is 7.73. The van der Waals surface area contributed by atoms with Gasteiger partial charge in [0.25, 0.3) is 0 Å². The first kappa shape index (κ1) is 11.0. The fourth-order valence-corrected chi connectivity index (χ4v) is 1.19. The number of amides is 1. The number of carbonyl (C=O) groups excluding carboxylic acids is 1. The summed E-state index contributed by atoms with van der Waals surface area (Å²) in [7, 11) is 1.41. The van der Waals surface area contributed by atoms with Crippen LogP contribution < -0.4 is 10.1 Å². The molecule has 0 saturated carbocycles. The van der Waals surface area contributed by atoms with Crippen molar-refractivity contribution in [3.63, 3.8) is 0 Å². The van der Waals surface area contributed by atoms with E-state index in [1.807, 2.05) is 0 Å². The Morgan fingerprint density at radius 2 is 2.21 bits per heavy atom. The first-order valence-corrected chi connectivity index (χ1v) is 4.69. The Labute approximate surface area is 89.4 Å². The van der Waals surface area contributed by atoms with Gasteiger partial charge in [-0.25, -0.2) is 9.18 Å². The Balaban J connectivity index is 3.00. The third-order valence-electron chi connectivity index (χ3n) is 1.65. The summed E-state index contributed by atoms with van der Waals surface area (Å²) in [5.41, 5.74) is 0.742. The van der Waals surface area contributed by atoms with Crippen molar-refractivity contribution in [3.8, 4) is 5.75 Å². The molecular weight excluding hydrogens is 253 g/mol. The summed E-state index contributed by atoms with van der Waals surface area (Å²) in [6.45, 7) is 1.75. The lowest BCUT2D eigenvalue weighted by molar-refractivity contribution is 0.200. The first-order valence-electron chi connectivity index (χ1n) is 3.90. The van der Waals surface area contributed by atoms with E-state index in [9.17, 15) is 9.18 Å². The van der Waals surface area contributed by atoms with Crippen molar-refractivity contribution >= 4 is 22.0 Å². The van der Waals surface area contributed by atoms with Crippen LogP contribution in [0.3, 0.4) is 0 Å². The van der Waals surface area contributed by atoms with E-state index in [4.69, 9.17) is 0 Å². The molecule has 0 aromatic heterocycles. The van der Waals surface area contributed by atoms with Gasteiger partial charge >= 0.3 is 6.09 Å². The molecule has 0 aliphatic heterocycles. The average Bonchev–Trinajstić information content (AvgIpc) is 2.19. The lowest BCUT2D eigenvalue weighted by atomic mass is 10.2. The van der Waals surface area contributed by atoms with E-state index in [1.165, 1.54) is 13.1 Å². The molecule has 1 amide bonds. The molecule has 0 aliphatic carbocycles. The molecule has 1 aromatic carbocycles. The van der Waals surface area contributed by atoms with Crippen LogP contribution in [0.25, 0.3) is 0 Å². The second-order valence-electron chi connectivity index (χ2n) is 2.65. The molecule has 0 bridgehead atoms. The van der Waals surface area contributed by atoms with Crippen LogP contribution in [0.1, 0.15) is 5.56 Å². The number of carbonyl (C=O) groups is 1. The van der Waals surface area contributed by atoms with Crippen molar-refractivity contribution in [3.05, 3.63) is 28.0 Å². The number of nitrogens with one attached hydrogen (secondary N) is 1. The summed E-state index contributed by atoms with van der Waals surface area (Å²) in [4.78, 5) is 10.8. The topological polar surface area (TPSA) is 38.3 Å². The number of hydrogen-bond acceptors (Lipinski definition) is 2. The first-order chi connectivity index (χ1) is 6.56. The van der Waals surface area contributed by atoms with Gasteiger partial charge in [0.1, 0.15) is 0 Å². The van der Waals surface area contributed by atoms with Crippen LogP contribution in [0, 0.1) is 12.7 Å². The van der Waals surface area contributed by atoms with Crippen molar-refractivity contribution in [2.45, 2.75) is 6.92 Å². The van der Waals surface area contributed by atoms with Gasteiger partial charge in [-0.2, -0.15) is 0 Å². The normalized spacial score (nSPS) is 9.71. The molecule has 0 heterocycles. The molecule has 0 radical (unpaired) electrons. The number of ether oxygens (including phenoxy) is 1. The fraction of sp³-hybridized carbons (Fsp3) is 0.222. The second-order valence-corrected chi connectivity index (χ2v) is 3.44. The average molecular weight is 262 g/mol. The van der Waals surface area contributed by atoms with Crippen molar-refractivity contribution in [1.82, 2.24) is 5.32 Å². The zero-order valence-corrected chi connectivity index (χ0v) is 9.31. The van der Waals surface area contributed by atoms with Crippen LogP contribution in [0.2, 0.25) is 0 Å². The van der Waals surface area contributed by atoms with Gasteiger partial charge in [-0.1, -0.05) is 6.07 Å². The molecule has 0 unspecified atom stereocenters. The summed E-state index contributed by atoms with van der Waals surface area (Å²) < 4.78 is 18.4. The maximum Gasteiger partial charge on any atom is 0.412 e. The van der Waals surface area contributed by atoms with Gasteiger partial charge in [0, 0.05) is 7.05 Å². The van der Waals surface area contributed by atoms with Crippen molar-refractivity contribution < 1.29 is 13.9 Å². The quantitative estimate of drug-likeness (QED) is 0.844. The van der Waals surface area contributed by atoms with E-state index < -0.39 is 11.9 Å². The smallest absolute Gasteiger partial charge is 0.407 e. The van der Waals surface area contributed by atoms with E-state index in [-0.39, 0.29) is 5.75 Å². The van der Waals surface area contributed by atoms with E-state index in [1.54, 1.807) is 13.0 Å². The van der Waals surface area contributed by atoms with E-state index in [0.29, 0.717) is 4.47 Å². The number of aryl methyl sites for hydroxylation is 1. The molecule has 76 valence electrons. The Morgan fingerprint density at radius 1 is 1.57 bits per heavy atom. The lowest BCUT2D eigenvalue weighted by Crippen LogP contribution is -2.22. The molecule has 0 spiro atoms. The summed E-state index contributed by atoms with van der Waals surface area (Å²) in [6, 6.07) is 3.07. The Bertz CT molecular complexity index is 368. The number of rotatable bonds is 1. The van der Waals surface area contributed by atoms with Crippen LogP contribution in [0.4, 0.5) is 9.18 Å². The summed E-state index contributed by atoms with van der Waals surface area (Å²) >= 11 is 3.06. The van der Waals surface area contributed by atoms with E-state index in [0.717, 1.165) is 5.56 Å². The predicted octanol–water partition coefficient (Wildman–Crippen LogP) is 2.61. The fourth-order valence-electron chi connectivity index (χ4n) is 0.858. The third kappa shape index (κ3) is 2.23. The van der Waals surface area contributed by atoms with Gasteiger partial charge in [-0.15, -0.1) is 0 Å². The molecule has 5 heteroatoms. The molecule has 3 nitrogen and oxygen atoms in total. The van der Waals surface area contributed by atoms with Crippen LogP contribution in [0.5, 0.6) is 5.75 Å². The second kappa shape index (κ2) is 4.41. The van der Waals surface area contributed by atoms with Crippen LogP contribution in [-0.2, 0) is 0 Å². The molecule has 0 aliphatic rings. The van der Waals surface area contributed by atoms with Crippen LogP contribution in [0.15, 0.2) is 16.6 Å². The molecule has 0 atom stereocenters. The molecule has 1 rings (SSSR count). The van der Waals surface area contributed by atoms with Crippen molar-refractivity contribution in [2.24, 2.45) is 0 Å². The standard InChI is InChI=1S/C9H9BrFNO2/c1-5-3-4-6(8(11)7(5)10)14-9(13)12-2/h3-4H,1-2H3,(H,12,13). The minimum absolute atomic E-state index is 0.0955. The Kier molecular flexibility index (Phi) is 3.46. The number of benzene rings is 1. The van der Waals surface area contributed by atoms with Gasteiger partial charge in [0.05, 0.1) is 4.47 Å². The summed E-state index contributed by atoms with van der Waals surface area (Å²) in [5, 5.41) is 2.23. The largest absolute Gasteiger partial charge is 0.412 e. The van der Waals surface area contributed by atoms with E-state index in [2.05, 4.69) is 26.0 Å². The van der Waals surface area contributed by atoms with E-state index >= 15 is 0 Å². The molecule has 14 heavy (non-hydrogen) atoms. The highest BCUT2D eigenvalue weighted by Crippen LogP contribution is 2.27. The highest BCUT2D eigenvalue weighted by molar-refractivity contribution is 9.10. The number of halogens is 2. The summed E-state index contributed by atoms with van der Waals surface area (Å²) in [5.74, 6) is -0.671. The lowest BCUT2D eigenvalue weighted by Gasteiger charge is -2.06. The minimum Gasteiger partial charge on any atom is -0.407 e. The van der Waals surface area contributed by atoms with Crippen LogP contribution in [-0.4, -0.2) is 13.1 Å². The molecule has 1 aromatic rings. The molecule has 0 fully saturated rings.